The van der Waals surface area contributed by atoms with E-state index >= 15 is 0 Å². The van der Waals surface area contributed by atoms with Crippen molar-refractivity contribution in [3.8, 4) is 0 Å². The van der Waals surface area contributed by atoms with Crippen molar-refractivity contribution < 1.29 is 9.90 Å². The zero-order chi connectivity index (χ0) is 10.4. The number of carbonyl (C=O) groups excluding carboxylic acids is 1. The van der Waals surface area contributed by atoms with Gasteiger partial charge in [-0.1, -0.05) is 0 Å². The molecule has 1 rings (SSSR count). The lowest BCUT2D eigenvalue weighted by molar-refractivity contribution is -0.131. The topological polar surface area (TPSA) is 40.5 Å². The maximum absolute atomic E-state index is 11.6. The Morgan fingerprint density at radius 2 is 2.36 bits per heavy atom. The molecular formula is C10H19NO2S. The molecule has 1 fully saturated rings. The van der Waals surface area contributed by atoms with Crippen molar-refractivity contribution in [2.45, 2.75) is 38.1 Å². The van der Waals surface area contributed by atoms with Gasteiger partial charge >= 0.3 is 0 Å². The lowest BCUT2D eigenvalue weighted by Gasteiger charge is -2.24. The van der Waals surface area contributed by atoms with Crippen LogP contribution in [-0.2, 0) is 4.79 Å². The number of aliphatic hydroxyl groups excluding tert-OH is 1. The van der Waals surface area contributed by atoms with Gasteiger partial charge in [-0.25, -0.2) is 0 Å². The number of hydrogen-bond acceptors (Lipinski definition) is 3. The Morgan fingerprint density at radius 3 is 3.00 bits per heavy atom. The van der Waals surface area contributed by atoms with Crippen LogP contribution in [0.4, 0.5) is 0 Å². The maximum Gasteiger partial charge on any atom is 0.223 e. The molecule has 1 aliphatic rings. The van der Waals surface area contributed by atoms with Gasteiger partial charge in [0.1, 0.15) is 0 Å². The Balaban J connectivity index is 2.38. The molecule has 1 saturated heterocycles. The molecule has 14 heavy (non-hydrogen) atoms. The van der Waals surface area contributed by atoms with Crippen LogP contribution in [0.3, 0.4) is 0 Å². The Hall–Kier alpha value is -0.220. The van der Waals surface area contributed by atoms with E-state index in [0.717, 1.165) is 32.2 Å². The zero-order valence-corrected chi connectivity index (χ0v) is 9.38. The number of hydrogen-bond donors (Lipinski definition) is 2. The van der Waals surface area contributed by atoms with E-state index < -0.39 is 0 Å². The van der Waals surface area contributed by atoms with E-state index in [0.29, 0.717) is 18.2 Å². The molecule has 1 unspecified atom stereocenters. The Morgan fingerprint density at radius 1 is 1.57 bits per heavy atom. The second-order valence-electron chi connectivity index (χ2n) is 3.72. The van der Waals surface area contributed by atoms with Gasteiger partial charge in [0.15, 0.2) is 0 Å². The summed E-state index contributed by atoms with van der Waals surface area (Å²) in [5.41, 5.74) is 0. The monoisotopic (exact) mass is 217 g/mol. The first-order valence-electron chi connectivity index (χ1n) is 5.30. The van der Waals surface area contributed by atoms with Crippen LogP contribution in [-0.4, -0.2) is 40.9 Å². The van der Waals surface area contributed by atoms with Crippen molar-refractivity contribution in [3.63, 3.8) is 0 Å². The Labute approximate surface area is 90.9 Å². The molecule has 1 aliphatic heterocycles. The third kappa shape index (κ3) is 3.17. The second kappa shape index (κ2) is 6.30. The maximum atomic E-state index is 11.6. The minimum Gasteiger partial charge on any atom is -0.396 e. The summed E-state index contributed by atoms with van der Waals surface area (Å²) in [5.74, 6) is 0.850. The molecule has 0 aromatic rings. The summed E-state index contributed by atoms with van der Waals surface area (Å²) in [7, 11) is 0. The van der Waals surface area contributed by atoms with Gasteiger partial charge in [0.2, 0.25) is 5.91 Å². The van der Waals surface area contributed by atoms with Gasteiger partial charge in [-0.3, -0.25) is 4.79 Å². The largest absolute Gasteiger partial charge is 0.396 e. The molecule has 0 aromatic heterocycles. The number of carbonyl (C=O) groups is 1. The van der Waals surface area contributed by atoms with Gasteiger partial charge in [0.25, 0.3) is 0 Å². The molecule has 0 radical (unpaired) electrons. The van der Waals surface area contributed by atoms with Crippen LogP contribution in [0.2, 0.25) is 0 Å². The number of thiol groups is 1. The molecule has 3 nitrogen and oxygen atoms in total. The van der Waals surface area contributed by atoms with E-state index in [9.17, 15) is 4.79 Å². The van der Waals surface area contributed by atoms with Gasteiger partial charge in [0, 0.05) is 25.6 Å². The molecule has 0 saturated carbocycles. The fourth-order valence-corrected chi connectivity index (χ4v) is 2.22. The fraction of sp³-hybridized carbons (Fsp3) is 0.900. The molecule has 4 heteroatoms. The highest BCUT2D eigenvalue weighted by atomic mass is 32.1. The number of likely N-dealkylation sites (tertiary alicyclic amines) is 1. The highest BCUT2D eigenvalue weighted by Crippen LogP contribution is 2.21. The summed E-state index contributed by atoms with van der Waals surface area (Å²) < 4.78 is 0. The van der Waals surface area contributed by atoms with Crippen LogP contribution in [0.25, 0.3) is 0 Å². The van der Waals surface area contributed by atoms with Crippen LogP contribution in [0.1, 0.15) is 32.1 Å². The predicted octanol–water partition coefficient (Wildman–Crippen LogP) is 1.07. The number of aliphatic hydroxyl groups is 1. The summed E-state index contributed by atoms with van der Waals surface area (Å²) in [6.07, 6.45) is 4.48. The van der Waals surface area contributed by atoms with Crippen LogP contribution in [0, 0.1) is 0 Å². The third-order valence-corrected chi connectivity index (χ3v) is 2.94. The first kappa shape index (κ1) is 11.9. The molecule has 82 valence electrons. The number of amides is 1. The predicted molar refractivity (Wildman–Crippen MR) is 59.5 cm³/mol. The Kier molecular flexibility index (Phi) is 5.33. The van der Waals surface area contributed by atoms with E-state index in [4.69, 9.17) is 5.11 Å². The quantitative estimate of drug-likeness (QED) is 0.676. The first-order valence-corrected chi connectivity index (χ1v) is 5.94. The van der Waals surface area contributed by atoms with Crippen molar-refractivity contribution in [1.29, 1.82) is 0 Å². The van der Waals surface area contributed by atoms with E-state index in [1.54, 1.807) is 0 Å². The molecule has 1 atom stereocenters. The Bertz CT molecular complexity index is 187. The normalized spacial score (nSPS) is 21.6. The average Bonchev–Trinajstić information content (AvgIpc) is 2.63. The van der Waals surface area contributed by atoms with Crippen molar-refractivity contribution in [2.75, 3.05) is 18.9 Å². The molecular weight excluding hydrogens is 198 g/mol. The van der Waals surface area contributed by atoms with Crippen LogP contribution in [0.5, 0.6) is 0 Å². The van der Waals surface area contributed by atoms with Crippen molar-refractivity contribution in [3.05, 3.63) is 0 Å². The lowest BCUT2D eigenvalue weighted by atomic mass is 10.1. The summed E-state index contributed by atoms with van der Waals surface area (Å²) >= 11 is 4.07. The standard InChI is InChI=1S/C10H19NO2S/c12-7-2-4-9-3-1-6-11(9)10(13)5-8-14/h9,12,14H,1-8H2. The van der Waals surface area contributed by atoms with Crippen molar-refractivity contribution in [1.82, 2.24) is 4.90 Å². The van der Waals surface area contributed by atoms with Crippen LogP contribution < -0.4 is 0 Å². The van der Waals surface area contributed by atoms with Crippen molar-refractivity contribution in [2.24, 2.45) is 0 Å². The summed E-state index contributed by atoms with van der Waals surface area (Å²) in [5, 5.41) is 8.74. The minimum atomic E-state index is 0.223. The number of nitrogens with zero attached hydrogens (tertiary/aromatic N) is 1. The molecule has 0 aliphatic carbocycles. The lowest BCUT2D eigenvalue weighted by Crippen LogP contribution is -2.35. The second-order valence-corrected chi connectivity index (χ2v) is 4.17. The van der Waals surface area contributed by atoms with E-state index in [1.165, 1.54) is 0 Å². The third-order valence-electron chi connectivity index (χ3n) is 2.72. The smallest absolute Gasteiger partial charge is 0.223 e. The molecule has 0 bridgehead atoms. The van der Waals surface area contributed by atoms with Crippen LogP contribution in [0.15, 0.2) is 0 Å². The molecule has 0 spiro atoms. The highest BCUT2D eigenvalue weighted by Gasteiger charge is 2.27. The molecule has 1 heterocycles. The van der Waals surface area contributed by atoms with E-state index in [2.05, 4.69) is 12.6 Å². The molecule has 1 amide bonds. The van der Waals surface area contributed by atoms with Crippen molar-refractivity contribution >= 4 is 18.5 Å². The van der Waals surface area contributed by atoms with Gasteiger partial charge in [-0.2, -0.15) is 12.6 Å². The number of rotatable bonds is 5. The van der Waals surface area contributed by atoms with Crippen LogP contribution >= 0.6 is 12.6 Å². The highest BCUT2D eigenvalue weighted by molar-refractivity contribution is 7.80. The van der Waals surface area contributed by atoms with Gasteiger partial charge in [-0.05, 0) is 31.4 Å². The molecule has 0 aromatic carbocycles. The first-order chi connectivity index (χ1) is 6.79. The SMILES string of the molecule is O=C(CCS)N1CCCC1CCCO. The van der Waals surface area contributed by atoms with Gasteiger partial charge < -0.3 is 10.0 Å². The summed E-state index contributed by atoms with van der Waals surface area (Å²) in [6, 6.07) is 0.370. The average molecular weight is 217 g/mol. The summed E-state index contributed by atoms with van der Waals surface area (Å²) in [4.78, 5) is 13.6. The van der Waals surface area contributed by atoms with E-state index in [1.807, 2.05) is 4.90 Å². The fourth-order valence-electron chi connectivity index (χ4n) is 2.03. The zero-order valence-electron chi connectivity index (χ0n) is 8.48. The van der Waals surface area contributed by atoms with E-state index in [-0.39, 0.29) is 12.5 Å². The van der Waals surface area contributed by atoms with Gasteiger partial charge in [-0.15, -0.1) is 0 Å². The molecule has 1 N–H and O–H groups in total. The minimum absolute atomic E-state index is 0.223. The summed E-state index contributed by atoms with van der Waals surface area (Å²) in [6.45, 7) is 1.12. The van der Waals surface area contributed by atoms with Gasteiger partial charge in [0.05, 0.1) is 0 Å².